The van der Waals surface area contributed by atoms with E-state index in [-0.39, 0.29) is 5.91 Å². The van der Waals surface area contributed by atoms with Gasteiger partial charge in [0.25, 0.3) is 5.91 Å². The number of carbonyl (C=O) groups excluding carboxylic acids is 1. The molecular formula is C17H16N4O. The fourth-order valence-electron chi connectivity index (χ4n) is 2.21. The first-order valence-electron chi connectivity index (χ1n) is 6.99. The van der Waals surface area contributed by atoms with E-state index in [2.05, 4.69) is 38.9 Å². The number of amides is 1. The van der Waals surface area contributed by atoms with Crippen molar-refractivity contribution in [2.75, 3.05) is 0 Å². The van der Waals surface area contributed by atoms with Crippen LogP contribution in [0.25, 0.3) is 10.8 Å². The molecule has 1 amide bonds. The second-order valence-electron chi connectivity index (χ2n) is 5.14. The van der Waals surface area contributed by atoms with Crippen LogP contribution in [-0.2, 0) is 0 Å². The summed E-state index contributed by atoms with van der Waals surface area (Å²) in [6.45, 7) is 3.70. The highest BCUT2D eigenvalue weighted by Crippen LogP contribution is 2.16. The lowest BCUT2D eigenvalue weighted by molar-refractivity contribution is 0.0950. The van der Waals surface area contributed by atoms with Crippen LogP contribution in [0, 0.1) is 6.92 Å². The number of rotatable bonds is 3. The standard InChI is InChI=1S/C17H16N4O/c1-11-9-16(20-18-11)17(22)21-19-12(2)14-8-7-13-5-3-4-6-15(13)10-14/h3-10H,1-2H3,(H,18,20)(H,21,22)/b19-12-. The molecule has 0 saturated heterocycles. The van der Waals surface area contributed by atoms with Crippen molar-refractivity contribution >= 4 is 22.4 Å². The van der Waals surface area contributed by atoms with Crippen LogP contribution in [0.4, 0.5) is 0 Å². The Morgan fingerprint density at radius 3 is 2.64 bits per heavy atom. The van der Waals surface area contributed by atoms with E-state index in [1.165, 1.54) is 5.39 Å². The molecule has 0 radical (unpaired) electrons. The minimum atomic E-state index is -0.329. The summed E-state index contributed by atoms with van der Waals surface area (Å²) in [6, 6.07) is 15.9. The van der Waals surface area contributed by atoms with Crippen LogP contribution >= 0.6 is 0 Å². The minimum absolute atomic E-state index is 0.326. The summed E-state index contributed by atoms with van der Waals surface area (Å²) in [7, 11) is 0. The number of aromatic nitrogens is 2. The molecule has 1 aromatic heterocycles. The largest absolute Gasteiger partial charge is 0.291 e. The monoisotopic (exact) mass is 292 g/mol. The number of aryl methyl sites for hydroxylation is 1. The summed E-state index contributed by atoms with van der Waals surface area (Å²) in [5.41, 5.74) is 5.40. The molecule has 5 nitrogen and oxygen atoms in total. The zero-order chi connectivity index (χ0) is 15.5. The smallest absolute Gasteiger partial charge is 0.282 e. The van der Waals surface area contributed by atoms with Gasteiger partial charge in [-0.1, -0.05) is 36.4 Å². The van der Waals surface area contributed by atoms with Crippen LogP contribution in [0.1, 0.15) is 28.7 Å². The lowest BCUT2D eigenvalue weighted by atomic mass is 10.0. The molecule has 2 aromatic carbocycles. The van der Waals surface area contributed by atoms with Crippen molar-refractivity contribution in [1.82, 2.24) is 15.6 Å². The van der Waals surface area contributed by atoms with E-state index in [1.807, 2.05) is 38.1 Å². The third-order valence-electron chi connectivity index (χ3n) is 3.43. The molecule has 0 atom stereocenters. The molecule has 1 heterocycles. The van der Waals surface area contributed by atoms with Gasteiger partial charge in [-0.25, -0.2) is 5.43 Å². The van der Waals surface area contributed by atoms with Gasteiger partial charge in [-0.05, 0) is 42.3 Å². The molecule has 110 valence electrons. The van der Waals surface area contributed by atoms with E-state index in [4.69, 9.17) is 0 Å². The maximum Gasteiger partial charge on any atom is 0.291 e. The Labute approximate surface area is 128 Å². The third kappa shape index (κ3) is 2.88. The fraction of sp³-hybridized carbons (Fsp3) is 0.118. The zero-order valence-electron chi connectivity index (χ0n) is 12.4. The zero-order valence-corrected chi connectivity index (χ0v) is 12.4. The third-order valence-corrected chi connectivity index (χ3v) is 3.43. The summed E-state index contributed by atoms with van der Waals surface area (Å²) in [5.74, 6) is -0.329. The summed E-state index contributed by atoms with van der Waals surface area (Å²) in [6.07, 6.45) is 0. The molecule has 0 unspecified atom stereocenters. The van der Waals surface area contributed by atoms with Crippen molar-refractivity contribution in [3.05, 3.63) is 65.5 Å². The van der Waals surface area contributed by atoms with Gasteiger partial charge in [0.15, 0.2) is 5.69 Å². The Morgan fingerprint density at radius 1 is 1.14 bits per heavy atom. The fourth-order valence-corrected chi connectivity index (χ4v) is 2.21. The molecule has 0 aliphatic carbocycles. The molecule has 3 rings (SSSR count). The Bertz CT molecular complexity index is 864. The van der Waals surface area contributed by atoms with Crippen LogP contribution in [0.3, 0.4) is 0 Å². The van der Waals surface area contributed by atoms with E-state index < -0.39 is 0 Å². The van der Waals surface area contributed by atoms with E-state index in [0.717, 1.165) is 22.4 Å². The SMILES string of the molecule is C/C(=N/NC(=O)c1cc(C)[nH]n1)c1ccc2ccccc2c1. The molecule has 0 bridgehead atoms. The lowest BCUT2D eigenvalue weighted by Gasteiger charge is -2.04. The van der Waals surface area contributed by atoms with E-state index >= 15 is 0 Å². The molecule has 22 heavy (non-hydrogen) atoms. The van der Waals surface area contributed by atoms with Gasteiger partial charge in [-0.3, -0.25) is 9.89 Å². The summed E-state index contributed by atoms with van der Waals surface area (Å²) < 4.78 is 0. The van der Waals surface area contributed by atoms with Crippen molar-refractivity contribution in [3.63, 3.8) is 0 Å². The number of fused-ring (bicyclic) bond motifs is 1. The first kappa shape index (κ1) is 14.0. The number of hydrogen-bond acceptors (Lipinski definition) is 3. The number of H-pyrrole nitrogens is 1. The van der Waals surface area contributed by atoms with Crippen LogP contribution in [0.2, 0.25) is 0 Å². The Kier molecular flexibility index (Phi) is 3.70. The van der Waals surface area contributed by atoms with Crippen LogP contribution in [0.15, 0.2) is 53.6 Å². The first-order chi connectivity index (χ1) is 10.6. The number of hydrazone groups is 1. The highest BCUT2D eigenvalue weighted by atomic mass is 16.2. The van der Waals surface area contributed by atoms with Gasteiger partial charge in [0.2, 0.25) is 0 Å². The first-order valence-corrected chi connectivity index (χ1v) is 6.99. The van der Waals surface area contributed by atoms with Gasteiger partial charge in [-0.2, -0.15) is 10.2 Å². The highest BCUT2D eigenvalue weighted by Gasteiger charge is 2.08. The molecule has 0 aliphatic rings. The lowest BCUT2D eigenvalue weighted by Crippen LogP contribution is -2.19. The van der Waals surface area contributed by atoms with Crippen molar-refractivity contribution in [2.24, 2.45) is 5.10 Å². The maximum absolute atomic E-state index is 11.9. The number of nitrogens with zero attached hydrogens (tertiary/aromatic N) is 2. The van der Waals surface area contributed by atoms with Crippen LogP contribution < -0.4 is 5.43 Å². The maximum atomic E-state index is 11.9. The Hall–Kier alpha value is -2.95. The molecule has 3 aromatic rings. The second kappa shape index (κ2) is 5.81. The second-order valence-corrected chi connectivity index (χ2v) is 5.14. The Morgan fingerprint density at radius 2 is 1.91 bits per heavy atom. The minimum Gasteiger partial charge on any atom is -0.282 e. The number of nitrogens with one attached hydrogen (secondary N) is 2. The predicted octanol–water partition coefficient (Wildman–Crippen LogP) is 3.03. The molecule has 0 fully saturated rings. The number of benzene rings is 2. The number of hydrogen-bond donors (Lipinski definition) is 2. The average molecular weight is 292 g/mol. The normalized spacial score (nSPS) is 11.6. The van der Waals surface area contributed by atoms with E-state index in [9.17, 15) is 4.79 Å². The van der Waals surface area contributed by atoms with Crippen molar-refractivity contribution < 1.29 is 4.79 Å². The van der Waals surface area contributed by atoms with Gasteiger partial charge in [0, 0.05) is 5.69 Å². The van der Waals surface area contributed by atoms with Gasteiger partial charge >= 0.3 is 0 Å². The number of aromatic amines is 1. The highest BCUT2D eigenvalue weighted by molar-refractivity contribution is 6.03. The van der Waals surface area contributed by atoms with E-state index in [0.29, 0.717) is 5.69 Å². The molecule has 5 heteroatoms. The predicted molar refractivity (Wildman–Crippen MR) is 86.9 cm³/mol. The molecule has 0 spiro atoms. The average Bonchev–Trinajstić information content (AvgIpc) is 2.98. The summed E-state index contributed by atoms with van der Waals surface area (Å²) >= 11 is 0. The van der Waals surface area contributed by atoms with E-state index in [1.54, 1.807) is 6.07 Å². The quantitative estimate of drug-likeness (QED) is 0.575. The number of carbonyl (C=O) groups is 1. The Balaban J connectivity index is 1.79. The molecule has 0 saturated carbocycles. The molecule has 0 aliphatic heterocycles. The van der Waals surface area contributed by atoms with Crippen LogP contribution in [-0.4, -0.2) is 21.8 Å². The summed E-state index contributed by atoms with van der Waals surface area (Å²) in [5, 5.41) is 13.1. The van der Waals surface area contributed by atoms with Crippen LogP contribution in [0.5, 0.6) is 0 Å². The topological polar surface area (TPSA) is 70.1 Å². The molecule has 2 N–H and O–H groups in total. The van der Waals surface area contributed by atoms with Crippen molar-refractivity contribution in [1.29, 1.82) is 0 Å². The van der Waals surface area contributed by atoms with Gasteiger partial charge in [0.1, 0.15) is 0 Å². The van der Waals surface area contributed by atoms with Crippen molar-refractivity contribution in [2.45, 2.75) is 13.8 Å². The van der Waals surface area contributed by atoms with Crippen molar-refractivity contribution in [3.8, 4) is 0 Å². The van der Waals surface area contributed by atoms with Gasteiger partial charge in [0.05, 0.1) is 5.71 Å². The molecular weight excluding hydrogens is 276 g/mol. The van der Waals surface area contributed by atoms with Gasteiger partial charge < -0.3 is 0 Å². The summed E-state index contributed by atoms with van der Waals surface area (Å²) in [4.78, 5) is 11.9. The van der Waals surface area contributed by atoms with Gasteiger partial charge in [-0.15, -0.1) is 0 Å².